The first kappa shape index (κ1) is 16.9. The Morgan fingerprint density at radius 1 is 1.08 bits per heavy atom. The third kappa shape index (κ3) is 3.18. The molecule has 3 rings (SSSR count). The molecule has 2 heterocycles. The summed E-state index contributed by atoms with van der Waals surface area (Å²) in [6, 6.07) is 5.30. The van der Waals surface area contributed by atoms with Crippen LogP contribution in [-0.2, 0) is 19.1 Å². The van der Waals surface area contributed by atoms with Crippen LogP contribution in [0.4, 0.5) is 10.5 Å². The maximum absolute atomic E-state index is 12.5. The molecular weight excluding hydrogens is 330 g/mol. The average Bonchev–Trinajstić information content (AvgIpc) is 2.86. The van der Waals surface area contributed by atoms with Crippen molar-refractivity contribution < 1.29 is 28.7 Å². The van der Waals surface area contributed by atoms with Crippen LogP contribution in [0.1, 0.15) is 0 Å². The molecule has 0 radical (unpaired) electrons. The highest BCUT2D eigenvalue weighted by Crippen LogP contribution is 2.24. The third-order valence-corrected chi connectivity index (χ3v) is 4.04. The van der Waals surface area contributed by atoms with Gasteiger partial charge in [-0.3, -0.25) is 14.4 Å². The van der Waals surface area contributed by atoms with E-state index in [1.54, 1.807) is 12.1 Å². The van der Waals surface area contributed by atoms with E-state index in [9.17, 15) is 19.2 Å². The van der Waals surface area contributed by atoms with Crippen LogP contribution in [0, 0.1) is 0 Å². The molecule has 0 unspecified atom stereocenters. The number of methoxy groups -OCH3 is 1. The van der Waals surface area contributed by atoms with Crippen molar-refractivity contribution in [2.75, 3.05) is 44.9 Å². The van der Waals surface area contributed by atoms with Gasteiger partial charge in [0, 0.05) is 13.1 Å². The summed E-state index contributed by atoms with van der Waals surface area (Å²) in [6.07, 6.45) is 0. The Bertz CT molecular complexity index is 711. The Morgan fingerprint density at radius 2 is 1.72 bits per heavy atom. The van der Waals surface area contributed by atoms with E-state index in [1.807, 2.05) is 0 Å². The second kappa shape index (κ2) is 6.89. The predicted octanol–water partition coefficient (Wildman–Crippen LogP) is -0.151. The number of anilines is 1. The first-order valence-corrected chi connectivity index (χ1v) is 7.72. The van der Waals surface area contributed by atoms with E-state index in [4.69, 9.17) is 9.47 Å². The maximum atomic E-state index is 12.5. The van der Waals surface area contributed by atoms with Crippen LogP contribution in [0.15, 0.2) is 24.3 Å². The van der Waals surface area contributed by atoms with E-state index in [-0.39, 0.29) is 5.69 Å². The number of ether oxygens (including phenoxy) is 2. The lowest BCUT2D eigenvalue weighted by molar-refractivity contribution is -0.143. The highest BCUT2D eigenvalue weighted by Gasteiger charge is 2.46. The van der Waals surface area contributed by atoms with E-state index in [0.717, 1.165) is 4.90 Å². The number of nitrogens with zero attached hydrogens (tertiary/aromatic N) is 3. The molecule has 2 aliphatic rings. The number of urea groups is 1. The Labute approximate surface area is 143 Å². The Balaban J connectivity index is 1.75. The number of morpholine rings is 1. The summed E-state index contributed by atoms with van der Waals surface area (Å²) in [5.74, 6) is -1.84. The van der Waals surface area contributed by atoms with Gasteiger partial charge in [0.25, 0.3) is 0 Å². The van der Waals surface area contributed by atoms with Gasteiger partial charge in [-0.1, -0.05) is 0 Å². The molecule has 0 atom stereocenters. The zero-order valence-electron chi connectivity index (χ0n) is 13.6. The zero-order valence-corrected chi connectivity index (χ0v) is 13.6. The molecule has 1 aromatic carbocycles. The standard InChI is InChI=1S/C16H17N3O6/c1-24-12-4-2-11(3-5-12)19-15(22)14(21)18(16(19)23)10-13(20)17-6-8-25-9-7-17/h2-5H,6-10H2,1H3. The second-order valence-electron chi connectivity index (χ2n) is 5.51. The van der Waals surface area contributed by atoms with Gasteiger partial charge >= 0.3 is 17.8 Å². The molecule has 1 aromatic rings. The summed E-state index contributed by atoms with van der Waals surface area (Å²) < 4.78 is 10.2. The second-order valence-corrected chi connectivity index (χ2v) is 5.51. The summed E-state index contributed by atoms with van der Waals surface area (Å²) in [4.78, 5) is 52.0. The highest BCUT2D eigenvalue weighted by atomic mass is 16.5. The van der Waals surface area contributed by atoms with E-state index in [2.05, 4.69) is 0 Å². The lowest BCUT2D eigenvalue weighted by Crippen LogP contribution is -2.47. The number of carbonyl (C=O) groups excluding carboxylic acids is 4. The molecule has 0 spiro atoms. The molecule has 132 valence electrons. The topological polar surface area (TPSA) is 96.5 Å². The Hall–Kier alpha value is -2.94. The van der Waals surface area contributed by atoms with Crippen molar-refractivity contribution in [3.05, 3.63) is 24.3 Å². The lowest BCUT2D eigenvalue weighted by atomic mass is 10.3. The van der Waals surface area contributed by atoms with E-state index < -0.39 is 30.3 Å². The predicted molar refractivity (Wildman–Crippen MR) is 85.0 cm³/mol. The SMILES string of the molecule is COc1ccc(N2C(=O)C(=O)N(CC(=O)N3CCOCC3)C2=O)cc1. The minimum Gasteiger partial charge on any atom is -0.497 e. The van der Waals surface area contributed by atoms with Gasteiger partial charge in [0.2, 0.25) is 5.91 Å². The van der Waals surface area contributed by atoms with Crippen molar-refractivity contribution in [2.45, 2.75) is 0 Å². The number of carbonyl (C=O) groups is 4. The molecule has 2 aliphatic heterocycles. The summed E-state index contributed by atoms with van der Waals surface area (Å²) in [5.41, 5.74) is 0.241. The van der Waals surface area contributed by atoms with Crippen LogP contribution in [0.5, 0.6) is 5.75 Å². The summed E-state index contributed by atoms with van der Waals surface area (Å²) in [5, 5.41) is 0. The largest absolute Gasteiger partial charge is 0.497 e. The van der Waals surface area contributed by atoms with Gasteiger partial charge in [-0.05, 0) is 24.3 Å². The van der Waals surface area contributed by atoms with Crippen LogP contribution in [0.25, 0.3) is 0 Å². The average molecular weight is 347 g/mol. The molecule has 0 N–H and O–H groups in total. The normalized spacial score (nSPS) is 18.1. The molecule has 0 aliphatic carbocycles. The molecule has 0 bridgehead atoms. The van der Waals surface area contributed by atoms with Crippen LogP contribution in [0.2, 0.25) is 0 Å². The molecule has 0 aromatic heterocycles. The van der Waals surface area contributed by atoms with Crippen molar-refractivity contribution >= 4 is 29.4 Å². The quantitative estimate of drug-likeness (QED) is 0.555. The Kier molecular flexibility index (Phi) is 4.66. The van der Waals surface area contributed by atoms with E-state index >= 15 is 0 Å². The molecule has 9 heteroatoms. The fourth-order valence-corrected chi connectivity index (χ4v) is 2.65. The maximum Gasteiger partial charge on any atom is 0.339 e. The lowest BCUT2D eigenvalue weighted by Gasteiger charge is -2.28. The fourth-order valence-electron chi connectivity index (χ4n) is 2.65. The van der Waals surface area contributed by atoms with Crippen molar-refractivity contribution in [1.29, 1.82) is 0 Å². The Morgan fingerprint density at radius 3 is 2.32 bits per heavy atom. The summed E-state index contributed by atoms with van der Waals surface area (Å²) in [6.45, 7) is 1.14. The third-order valence-electron chi connectivity index (χ3n) is 4.04. The van der Waals surface area contributed by atoms with Gasteiger partial charge in [-0.15, -0.1) is 0 Å². The monoisotopic (exact) mass is 347 g/mol. The molecular formula is C16H17N3O6. The van der Waals surface area contributed by atoms with Gasteiger partial charge in [-0.25, -0.2) is 14.6 Å². The number of hydrogen-bond donors (Lipinski definition) is 0. The van der Waals surface area contributed by atoms with Gasteiger partial charge in [-0.2, -0.15) is 0 Å². The molecule has 25 heavy (non-hydrogen) atoms. The van der Waals surface area contributed by atoms with Crippen molar-refractivity contribution in [3.63, 3.8) is 0 Å². The van der Waals surface area contributed by atoms with Crippen LogP contribution in [-0.4, -0.2) is 73.5 Å². The number of hydrogen-bond acceptors (Lipinski definition) is 6. The molecule has 9 nitrogen and oxygen atoms in total. The van der Waals surface area contributed by atoms with Gasteiger partial charge < -0.3 is 14.4 Å². The number of rotatable bonds is 4. The molecule has 2 fully saturated rings. The summed E-state index contributed by atoms with van der Waals surface area (Å²) >= 11 is 0. The van der Waals surface area contributed by atoms with Crippen LogP contribution >= 0.6 is 0 Å². The minimum atomic E-state index is -1.01. The van der Waals surface area contributed by atoms with Crippen molar-refractivity contribution in [1.82, 2.24) is 9.80 Å². The van der Waals surface area contributed by atoms with Crippen LogP contribution < -0.4 is 9.64 Å². The zero-order chi connectivity index (χ0) is 18.0. The minimum absolute atomic E-state index is 0.241. The molecule has 0 saturated carbocycles. The highest BCUT2D eigenvalue weighted by molar-refractivity contribution is 6.53. The molecule has 2 saturated heterocycles. The van der Waals surface area contributed by atoms with Crippen molar-refractivity contribution in [3.8, 4) is 5.75 Å². The summed E-state index contributed by atoms with van der Waals surface area (Å²) in [7, 11) is 1.49. The first-order chi connectivity index (χ1) is 12.0. The van der Waals surface area contributed by atoms with Crippen LogP contribution in [0.3, 0.4) is 0 Å². The first-order valence-electron chi connectivity index (χ1n) is 7.72. The number of amides is 5. The van der Waals surface area contributed by atoms with Gasteiger partial charge in [0.15, 0.2) is 0 Å². The smallest absolute Gasteiger partial charge is 0.339 e. The fraction of sp³-hybridized carbons (Fsp3) is 0.375. The number of imide groups is 2. The van der Waals surface area contributed by atoms with Crippen molar-refractivity contribution in [2.24, 2.45) is 0 Å². The number of benzene rings is 1. The van der Waals surface area contributed by atoms with E-state index in [1.165, 1.54) is 24.1 Å². The van der Waals surface area contributed by atoms with Gasteiger partial charge in [0.05, 0.1) is 26.0 Å². The van der Waals surface area contributed by atoms with Gasteiger partial charge in [0.1, 0.15) is 12.3 Å². The molecule has 5 amide bonds. The van der Waals surface area contributed by atoms with E-state index in [0.29, 0.717) is 37.0 Å².